The van der Waals surface area contributed by atoms with Crippen LogP contribution in [0.4, 0.5) is 5.69 Å². The molecule has 0 radical (unpaired) electrons. The predicted molar refractivity (Wildman–Crippen MR) is 114 cm³/mol. The third-order valence-corrected chi connectivity index (χ3v) is 4.72. The Hall–Kier alpha value is -4.06. The van der Waals surface area contributed by atoms with Crippen molar-refractivity contribution >= 4 is 28.7 Å². The maximum atomic E-state index is 13.3. The van der Waals surface area contributed by atoms with Crippen molar-refractivity contribution in [3.05, 3.63) is 110 Å². The van der Waals surface area contributed by atoms with Gasteiger partial charge in [-0.25, -0.2) is 4.98 Å². The second-order valence-corrected chi connectivity index (χ2v) is 6.56. The molecule has 29 heavy (non-hydrogen) atoms. The molecular formula is C23H17N3O3. The van der Waals surface area contributed by atoms with Gasteiger partial charge in [-0.2, -0.15) is 0 Å². The van der Waals surface area contributed by atoms with Gasteiger partial charge in [-0.15, -0.1) is 0 Å². The van der Waals surface area contributed by atoms with Crippen LogP contribution in [0.2, 0.25) is 0 Å². The van der Waals surface area contributed by atoms with Crippen LogP contribution >= 0.6 is 0 Å². The fourth-order valence-electron chi connectivity index (χ4n) is 3.24. The minimum absolute atomic E-state index is 0.155. The molecule has 4 aromatic rings. The Bertz CT molecular complexity index is 1320. The smallest absolute Gasteiger partial charge is 0.268 e. The van der Waals surface area contributed by atoms with Gasteiger partial charge in [0, 0.05) is 6.07 Å². The molecular weight excluding hydrogens is 366 g/mol. The van der Waals surface area contributed by atoms with E-state index >= 15 is 0 Å². The number of benzene rings is 3. The Balaban J connectivity index is 2.02. The molecule has 1 aromatic heterocycles. The van der Waals surface area contributed by atoms with E-state index < -0.39 is 4.92 Å². The zero-order valence-corrected chi connectivity index (χ0v) is 15.6. The lowest BCUT2D eigenvalue weighted by atomic mass is 10.1. The number of fused-ring (bicyclic) bond motifs is 1. The molecule has 0 aliphatic rings. The molecule has 0 atom stereocenters. The number of aryl methyl sites for hydroxylation is 1. The van der Waals surface area contributed by atoms with Crippen molar-refractivity contribution in [3.63, 3.8) is 0 Å². The maximum absolute atomic E-state index is 13.3. The van der Waals surface area contributed by atoms with Gasteiger partial charge in [0.15, 0.2) is 0 Å². The summed E-state index contributed by atoms with van der Waals surface area (Å²) >= 11 is 0. The predicted octanol–water partition coefficient (Wildman–Crippen LogP) is 4.77. The van der Waals surface area contributed by atoms with E-state index in [0.29, 0.717) is 16.7 Å². The van der Waals surface area contributed by atoms with Crippen molar-refractivity contribution < 1.29 is 4.92 Å². The van der Waals surface area contributed by atoms with Crippen LogP contribution in [-0.2, 0) is 0 Å². The van der Waals surface area contributed by atoms with Crippen LogP contribution in [0.15, 0.2) is 77.6 Å². The van der Waals surface area contributed by atoms with Crippen molar-refractivity contribution in [1.82, 2.24) is 9.55 Å². The Morgan fingerprint density at radius 2 is 1.62 bits per heavy atom. The number of aromatic nitrogens is 2. The number of rotatable bonds is 4. The van der Waals surface area contributed by atoms with Gasteiger partial charge in [0.2, 0.25) is 0 Å². The molecule has 1 heterocycles. The molecule has 0 aliphatic heterocycles. The van der Waals surface area contributed by atoms with Gasteiger partial charge >= 0.3 is 0 Å². The van der Waals surface area contributed by atoms with Crippen LogP contribution in [0, 0.1) is 17.0 Å². The molecule has 4 rings (SSSR count). The highest BCUT2D eigenvalue weighted by Gasteiger charge is 2.19. The zero-order valence-electron chi connectivity index (χ0n) is 15.6. The van der Waals surface area contributed by atoms with Crippen LogP contribution in [0.25, 0.3) is 28.7 Å². The second-order valence-electron chi connectivity index (χ2n) is 6.56. The average Bonchev–Trinajstić information content (AvgIpc) is 2.73. The summed E-state index contributed by atoms with van der Waals surface area (Å²) in [4.78, 5) is 28.9. The number of hydrogen-bond donors (Lipinski definition) is 0. The van der Waals surface area contributed by atoms with Crippen molar-refractivity contribution in [2.45, 2.75) is 6.92 Å². The third kappa shape index (κ3) is 3.43. The Kier molecular flexibility index (Phi) is 4.75. The van der Waals surface area contributed by atoms with Crippen molar-refractivity contribution in [2.75, 3.05) is 0 Å². The monoisotopic (exact) mass is 383 g/mol. The maximum Gasteiger partial charge on any atom is 0.293 e. The standard InChI is InChI=1S/C23H17N3O3/c1-16-8-2-3-9-17(16)14-15-22-24-19-11-5-4-10-18(19)23(27)25(22)20-12-6-7-13-21(20)26(28)29/h2-15H,1H3. The Morgan fingerprint density at radius 3 is 2.41 bits per heavy atom. The number of hydrogen-bond acceptors (Lipinski definition) is 4. The third-order valence-electron chi connectivity index (χ3n) is 4.72. The van der Waals surface area contributed by atoms with Crippen LogP contribution in [-0.4, -0.2) is 14.5 Å². The van der Waals surface area contributed by atoms with Gasteiger partial charge in [0.1, 0.15) is 11.5 Å². The molecule has 0 spiro atoms. The molecule has 0 amide bonds. The highest BCUT2D eigenvalue weighted by Crippen LogP contribution is 2.24. The van der Waals surface area contributed by atoms with Gasteiger partial charge in [0.25, 0.3) is 11.2 Å². The van der Waals surface area contributed by atoms with E-state index in [2.05, 4.69) is 4.98 Å². The SMILES string of the molecule is Cc1ccccc1C=Cc1nc2ccccc2c(=O)n1-c1ccccc1[N+](=O)[O-]. The fourth-order valence-corrected chi connectivity index (χ4v) is 3.24. The quantitative estimate of drug-likeness (QED) is 0.375. The molecule has 3 aromatic carbocycles. The normalized spacial score (nSPS) is 11.2. The van der Waals surface area contributed by atoms with Crippen molar-refractivity contribution in [1.29, 1.82) is 0 Å². The number of para-hydroxylation sites is 3. The summed E-state index contributed by atoms with van der Waals surface area (Å²) in [5.74, 6) is 0.325. The molecule has 0 bridgehead atoms. The van der Waals surface area contributed by atoms with E-state index in [1.807, 2.05) is 37.3 Å². The first-order valence-electron chi connectivity index (χ1n) is 9.05. The molecule has 0 unspecified atom stereocenters. The van der Waals surface area contributed by atoms with Gasteiger partial charge < -0.3 is 0 Å². The number of nitrogens with zero attached hydrogens (tertiary/aromatic N) is 3. The first-order valence-corrected chi connectivity index (χ1v) is 9.05. The summed E-state index contributed by atoms with van der Waals surface area (Å²) in [6.07, 6.45) is 3.57. The van der Waals surface area contributed by atoms with Gasteiger partial charge in [-0.05, 0) is 42.3 Å². The van der Waals surface area contributed by atoms with E-state index in [1.165, 1.54) is 10.6 Å². The number of nitro benzene ring substituents is 1. The Labute approximate surface area is 166 Å². The lowest BCUT2D eigenvalue weighted by molar-refractivity contribution is -0.384. The molecule has 0 aliphatic carbocycles. The van der Waals surface area contributed by atoms with Gasteiger partial charge in [0.05, 0.1) is 15.8 Å². The first kappa shape index (κ1) is 18.3. The first-order chi connectivity index (χ1) is 14.1. The lowest BCUT2D eigenvalue weighted by Crippen LogP contribution is -2.23. The van der Waals surface area contributed by atoms with E-state index in [4.69, 9.17) is 0 Å². The molecule has 0 saturated heterocycles. The van der Waals surface area contributed by atoms with E-state index in [1.54, 1.807) is 48.5 Å². The summed E-state index contributed by atoms with van der Waals surface area (Å²) in [5, 5.41) is 12.0. The topological polar surface area (TPSA) is 78.0 Å². The fraction of sp³-hybridized carbons (Fsp3) is 0.0435. The summed E-state index contributed by atoms with van der Waals surface area (Å²) in [6.45, 7) is 1.99. The van der Waals surface area contributed by atoms with Crippen LogP contribution in [0.3, 0.4) is 0 Å². The molecule has 142 valence electrons. The lowest BCUT2D eigenvalue weighted by Gasteiger charge is -2.11. The highest BCUT2D eigenvalue weighted by molar-refractivity contribution is 5.80. The number of nitro groups is 1. The van der Waals surface area contributed by atoms with Crippen LogP contribution in [0.1, 0.15) is 17.0 Å². The highest BCUT2D eigenvalue weighted by atomic mass is 16.6. The molecule has 0 N–H and O–H groups in total. The minimum Gasteiger partial charge on any atom is -0.268 e. The minimum atomic E-state index is -0.494. The zero-order chi connectivity index (χ0) is 20.4. The van der Waals surface area contributed by atoms with E-state index in [0.717, 1.165) is 11.1 Å². The summed E-state index contributed by atoms with van der Waals surface area (Å²) in [6, 6.07) is 21.0. The summed E-state index contributed by atoms with van der Waals surface area (Å²) in [5.41, 5.74) is 2.27. The molecule has 6 heteroatoms. The van der Waals surface area contributed by atoms with Crippen LogP contribution < -0.4 is 5.56 Å². The largest absolute Gasteiger partial charge is 0.293 e. The van der Waals surface area contributed by atoms with Crippen LogP contribution in [0.5, 0.6) is 0 Å². The van der Waals surface area contributed by atoms with Gasteiger partial charge in [-0.3, -0.25) is 19.5 Å². The molecule has 6 nitrogen and oxygen atoms in total. The van der Waals surface area contributed by atoms with Crippen molar-refractivity contribution in [2.24, 2.45) is 0 Å². The average molecular weight is 383 g/mol. The summed E-state index contributed by atoms with van der Waals surface area (Å²) in [7, 11) is 0. The Morgan fingerprint density at radius 1 is 0.931 bits per heavy atom. The van der Waals surface area contributed by atoms with Crippen molar-refractivity contribution in [3.8, 4) is 5.69 Å². The molecule has 0 fully saturated rings. The van der Waals surface area contributed by atoms with E-state index in [9.17, 15) is 14.9 Å². The second kappa shape index (κ2) is 7.52. The van der Waals surface area contributed by atoms with E-state index in [-0.39, 0.29) is 16.9 Å². The molecule has 0 saturated carbocycles. The summed E-state index contributed by atoms with van der Waals surface area (Å²) < 4.78 is 1.30. The van der Waals surface area contributed by atoms with Gasteiger partial charge in [-0.1, -0.05) is 54.6 Å².